The zero-order chi connectivity index (χ0) is 78.3. The van der Waals surface area contributed by atoms with Crippen molar-refractivity contribution in [3.8, 4) is 22.5 Å². The Morgan fingerprint density at radius 2 is 1.46 bits per heavy atom. The molecule has 580 valence electrons. The number of alkyl carbamates (subject to hydrolysis) is 1. The molecular formula is C75H86F3N12O18P. The van der Waals surface area contributed by atoms with Gasteiger partial charge in [0.1, 0.15) is 49.2 Å². The number of aryl methyl sites for hydroxylation is 1. The summed E-state index contributed by atoms with van der Waals surface area (Å²) in [4.78, 5) is 169. The molecule has 109 heavy (non-hydrogen) atoms. The van der Waals surface area contributed by atoms with Crippen LogP contribution in [0.25, 0.3) is 33.4 Å². The molecule has 5 aliphatic rings. The van der Waals surface area contributed by atoms with Crippen LogP contribution in [-0.4, -0.2) is 156 Å². The first-order valence-electron chi connectivity index (χ1n) is 35.9. The van der Waals surface area contributed by atoms with E-state index in [-0.39, 0.29) is 110 Å². The number of nitrogens with one attached hydrogen (secondary N) is 8. The predicted molar refractivity (Wildman–Crippen MR) is 387 cm³/mol. The highest BCUT2D eigenvalue weighted by Gasteiger charge is 2.53. The highest BCUT2D eigenvalue weighted by molar-refractivity contribution is 7.47. The minimum atomic E-state index is -5.36. The lowest BCUT2D eigenvalue weighted by molar-refractivity contribution is -0.171. The SMILES string of the molecule is CC[C@@]1(OP(=O)(O)OCc2ccc(NC(=O)[C@H](CCCNC(N)=O)NC(=O)[C@@H](NC(=O)[C@H](CC(=O)N[C@H]3CCOC3=O)NC(=O)[C@H](CCCCN(C)C)NC(=O)OCC3c4ccccc4-c4ccccc43)C(C)C)cc2)C(=O)OCc2c1cc1n(c2=O)Cc2c-1nc1cc(F)c(C)c3c1c2[C@@H](NC(=O)C(F)F)CC3. The van der Waals surface area contributed by atoms with Gasteiger partial charge in [0, 0.05) is 47.2 Å². The van der Waals surface area contributed by atoms with Gasteiger partial charge < -0.3 is 76.8 Å². The van der Waals surface area contributed by atoms with Crippen molar-refractivity contribution in [2.75, 3.05) is 45.7 Å². The number of fused-ring (bicyclic) bond motifs is 8. The molecule has 1 unspecified atom stereocenters. The second-order valence-corrected chi connectivity index (χ2v) is 29.5. The van der Waals surface area contributed by atoms with E-state index in [0.29, 0.717) is 47.0 Å². The number of urea groups is 1. The monoisotopic (exact) mass is 1530 g/mol. The number of hydrogen-bond acceptors (Lipinski definition) is 19. The maximum Gasteiger partial charge on any atom is 0.473 e. The number of phosphoric ester groups is 1. The van der Waals surface area contributed by atoms with Crippen molar-refractivity contribution in [1.29, 1.82) is 0 Å². The molecule has 1 fully saturated rings. The van der Waals surface area contributed by atoms with E-state index in [1.165, 1.54) is 47.9 Å². The number of esters is 2. The standard InChI is InChI=1S/C75H86F3N12O18P/c1-7-75(50-31-58-63-47(34-90(58)70(97)49(50)37-105-72(75)99)61-52(84-69(96)64(77)78)26-25-42-39(4)51(76)32-56(83-63)60(42)61)108-109(102,103)107-35-40-21-23-41(24-22-40)81-65(92)53(20-14-28-80-73(79)100)85-68(95)62(38(2)3)88-67(94)57(33-59(91)82-55-27-30-104-71(55)98)86-66(93)54(19-12-13-29-89(5)6)87-74(101)106-36-48-45-17-10-8-15-43(45)44-16-9-11-18-46(44)48/h8-11,15-18,21-24,31-32,38,48,52-55,57,62,64H,7,12-14,19-20,25-30,33-37H2,1-6H3,(H,81,92)(H,82,91)(H,84,96)(H,85,95)(H,86,93)(H,87,101)(H,88,94)(H,102,103)(H3,79,80,100)/t52-,53-,54-,55-,57-,62-,75-/m0/s1. The van der Waals surface area contributed by atoms with Gasteiger partial charge in [0.2, 0.25) is 35.1 Å². The van der Waals surface area contributed by atoms with Crippen molar-refractivity contribution in [2.24, 2.45) is 11.7 Å². The molecule has 4 aromatic carbocycles. The minimum Gasteiger partial charge on any atom is -0.464 e. The van der Waals surface area contributed by atoms with Crippen LogP contribution in [0.5, 0.6) is 0 Å². The molecule has 0 spiro atoms. The molecule has 34 heteroatoms. The smallest absolute Gasteiger partial charge is 0.464 e. The molecule has 5 heterocycles. The molecule has 11 rings (SSSR count). The molecule has 0 bridgehead atoms. The normalized spacial score (nSPS) is 18.3. The zero-order valence-electron chi connectivity index (χ0n) is 60.7. The molecule has 6 aromatic rings. The third-order valence-electron chi connectivity index (χ3n) is 20.2. The summed E-state index contributed by atoms with van der Waals surface area (Å²) in [6.07, 6.45) is -3.96. The number of hydrogen-bond donors (Lipinski definition) is 10. The first-order chi connectivity index (χ1) is 52.0. The summed E-state index contributed by atoms with van der Waals surface area (Å²) in [7, 11) is -1.62. The summed E-state index contributed by atoms with van der Waals surface area (Å²) in [5, 5.41) is 21.0. The van der Waals surface area contributed by atoms with Gasteiger partial charge in [-0.15, -0.1) is 0 Å². The number of pyridine rings is 2. The van der Waals surface area contributed by atoms with Crippen LogP contribution < -0.4 is 53.8 Å². The Labute approximate surface area is 623 Å². The van der Waals surface area contributed by atoms with Gasteiger partial charge in [-0.05, 0) is 148 Å². The fourth-order valence-electron chi connectivity index (χ4n) is 14.6. The Kier molecular flexibility index (Phi) is 24.7. The van der Waals surface area contributed by atoms with E-state index in [1.807, 2.05) is 67.5 Å². The zero-order valence-corrected chi connectivity index (χ0v) is 61.6. The molecule has 9 amide bonds. The highest BCUT2D eigenvalue weighted by Crippen LogP contribution is 2.55. The summed E-state index contributed by atoms with van der Waals surface area (Å²) in [6.45, 7) is 5.27. The van der Waals surface area contributed by atoms with E-state index in [2.05, 4.69) is 42.5 Å². The number of phosphoric acid groups is 1. The molecule has 0 saturated carbocycles. The van der Waals surface area contributed by atoms with Gasteiger partial charge >= 0.3 is 38.3 Å². The van der Waals surface area contributed by atoms with Gasteiger partial charge in [-0.2, -0.15) is 8.78 Å². The number of carbonyl (C=O) groups excluding carboxylic acids is 10. The summed E-state index contributed by atoms with van der Waals surface area (Å²) in [5.41, 5.74) is 7.94. The van der Waals surface area contributed by atoms with Crippen LogP contribution in [0.3, 0.4) is 0 Å². The Morgan fingerprint density at radius 1 is 0.789 bits per heavy atom. The minimum absolute atomic E-state index is 0.0237. The van der Waals surface area contributed by atoms with Gasteiger partial charge in [0.15, 0.2) is 0 Å². The maximum atomic E-state index is 15.5. The maximum absolute atomic E-state index is 15.5. The number of ether oxygens (including phenoxy) is 3. The molecule has 11 N–H and O–H groups in total. The first-order valence-corrected chi connectivity index (χ1v) is 37.4. The van der Waals surface area contributed by atoms with Crippen LogP contribution in [0.4, 0.5) is 28.4 Å². The molecule has 8 atom stereocenters. The fraction of sp³-hybridized carbons (Fsp3) is 0.440. The highest BCUT2D eigenvalue weighted by atomic mass is 31.2. The lowest BCUT2D eigenvalue weighted by Gasteiger charge is -2.36. The quantitative estimate of drug-likeness (QED) is 0.00971. The van der Waals surface area contributed by atoms with Crippen LogP contribution in [0.2, 0.25) is 0 Å². The number of carbonyl (C=O) groups is 10. The van der Waals surface area contributed by atoms with E-state index in [9.17, 15) is 71.0 Å². The number of nitrogens with two attached hydrogens (primary N) is 1. The largest absolute Gasteiger partial charge is 0.473 e. The fourth-order valence-corrected chi connectivity index (χ4v) is 15.6. The third-order valence-corrected chi connectivity index (χ3v) is 21.2. The van der Waals surface area contributed by atoms with Gasteiger partial charge in [-0.3, -0.25) is 42.6 Å². The number of nitrogens with zero attached hydrogens (tertiary/aromatic N) is 3. The summed E-state index contributed by atoms with van der Waals surface area (Å²) in [6, 6.07) is 14.8. The van der Waals surface area contributed by atoms with Crippen LogP contribution in [0.1, 0.15) is 141 Å². The molecule has 2 aromatic heterocycles. The molecule has 0 radical (unpaired) electrons. The number of alkyl halides is 2. The van der Waals surface area contributed by atoms with Gasteiger partial charge in [-0.1, -0.05) is 81.4 Å². The van der Waals surface area contributed by atoms with E-state index in [0.717, 1.165) is 22.3 Å². The van der Waals surface area contributed by atoms with Crippen molar-refractivity contribution in [3.63, 3.8) is 0 Å². The molecular weight excluding hydrogens is 1440 g/mol. The van der Waals surface area contributed by atoms with Crippen molar-refractivity contribution in [1.82, 2.24) is 51.7 Å². The number of primary amides is 1. The van der Waals surface area contributed by atoms with E-state index in [1.54, 1.807) is 20.8 Å². The number of aromatic nitrogens is 2. The number of halogens is 3. The lowest BCUT2D eigenvalue weighted by atomic mass is 9.81. The van der Waals surface area contributed by atoms with Gasteiger partial charge in [0.05, 0.1) is 54.7 Å². The molecule has 3 aliphatic heterocycles. The second kappa shape index (κ2) is 33.9. The molecule has 2 aliphatic carbocycles. The van der Waals surface area contributed by atoms with Crippen LogP contribution in [0, 0.1) is 18.7 Å². The lowest BCUT2D eigenvalue weighted by Crippen LogP contribution is -2.60. The van der Waals surface area contributed by atoms with Crippen molar-refractivity contribution in [3.05, 3.63) is 151 Å². The van der Waals surface area contributed by atoms with Crippen molar-refractivity contribution >= 4 is 83.9 Å². The number of benzene rings is 4. The Morgan fingerprint density at radius 3 is 2.11 bits per heavy atom. The van der Waals surface area contributed by atoms with Crippen molar-refractivity contribution in [2.45, 2.75) is 166 Å². The van der Waals surface area contributed by atoms with Gasteiger partial charge in [0.25, 0.3) is 11.5 Å². The molecule has 1 saturated heterocycles. The summed E-state index contributed by atoms with van der Waals surface area (Å²) >= 11 is 0. The number of rotatable bonds is 32. The average molecular weight is 1530 g/mol. The average Bonchev–Trinajstić information content (AvgIpc) is 1.61. The van der Waals surface area contributed by atoms with Crippen LogP contribution in [0.15, 0.2) is 89.7 Å². The Bertz CT molecular complexity index is 4650. The van der Waals surface area contributed by atoms with Crippen LogP contribution in [-0.2, 0) is 98.0 Å². The van der Waals surface area contributed by atoms with E-state index in [4.69, 9.17) is 34.0 Å². The number of amides is 9. The second-order valence-electron chi connectivity index (χ2n) is 28.1. The molecule has 30 nitrogen and oxygen atoms in total. The van der Waals surface area contributed by atoms with Crippen LogP contribution >= 0.6 is 7.82 Å². The number of anilines is 1. The third kappa shape index (κ3) is 17.8. The number of unbranched alkanes of at least 4 members (excludes halogenated alkanes) is 1. The van der Waals surface area contributed by atoms with Crippen molar-refractivity contribution < 1.29 is 93.8 Å². The summed E-state index contributed by atoms with van der Waals surface area (Å²) in [5.74, 6) is -9.52. The first kappa shape index (κ1) is 79.4. The van der Waals surface area contributed by atoms with E-state index < -0.39 is 159 Å². The number of cyclic esters (lactones) is 2. The van der Waals surface area contributed by atoms with Gasteiger partial charge in [-0.25, -0.2) is 33.1 Å². The summed E-state index contributed by atoms with van der Waals surface area (Å²) < 4.78 is 85.9. The topological polar surface area (TPSA) is 415 Å². The predicted octanol–water partition coefficient (Wildman–Crippen LogP) is 6.20. The Hall–Kier alpha value is -10.6. The van der Waals surface area contributed by atoms with E-state index >= 15 is 4.39 Å². The Balaban J connectivity index is 0.766.